The van der Waals surface area contributed by atoms with E-state index in [2.05, 4.69) is 5.32 Å². The van der Waals surface area contributed by atoms with Gasteiger partial charge in [0.05, 0.1) is 0 Å². The minimum Gasteiger partial charge on any atom is -0.399 e. The van der Waals surface area contributed by atoms with E-state index in [0.29, 0.717) is 0 Å². The summed E-state index contributed by atoms with van der Waals surface area (Å²) in [6.45, 7) is 4.04. The fourth-order valence-electron chi connectivity index (χ4n) is 1.66. The zero-order chi connectivity index (χ0) is 12.4. The molecule has 2 rings (SSSR count). The Bertz CT molecular complexity index is 550. The molecule has 0 radical (unpaired) electrons. The van der Waals surface area contributed by atoms with Crippen molar-refractivity contribution in [3.63, 3.8) is 0 Å². The molecular weight excluding hydrogens is 232 g/mol. The summed E-state index contributed by atoms with van der Waals surface area (Å²) in [5, 5.41) is 4.12. The van der Waals surface area contributed by atoms with Crippen molar-refractivity contribution in [2.45, 2.75) is 13.8 Å². The first kappa shape index (κ1) is 11.8. The highest BCUT2D eigenvalue weighted by Crippen LogP contribution is 2.28. The van der Waals surface area contributed by atoms with Gasteiger partial charge in [0.1, 0.15) is 0 Å². The third-order valence-corrected chi connectivity index (χ3v) is 3.21. The molecule has 17 heavy (non-hydrogen) atoms. The fourth-order valence-corrected chi connectivity index (χ4v) is 1.84. The van der Waals surface area contributed by atoms with E-state index >= 15 is 0 Å². The van der Waals surface area contributed by atoms with Gasteiger partial charge >= 0.3 is 0 Å². The Hall–Kier alpha value is -1.67. The van der Waals surface area contributed by atoms with Crippen molar-refractivity contribution in [2.24, 2.45) is 0 Å². The largest absolute Gasteiger partial charge is 0.399 e. The molecule has 0 aliphatic heterocycles. The first-order valence-electron chi connectivity index (χ1n) is 5.46. The zero-order valence-electron chi connectivity index (χ0n) is 9.92. The second-order valence-electron chi connectivity index (χ2n) is 4.11. The van der Waals surface area contributed by atoms with Gasteiger partial charge in [0, 0.05) is 22.1 Å². The van der Waals surface area contributed by atoms with Crippen LogP contribution in [0.5, 0.6) is 0 Å². The molecule has 0 bridgehead atoms. The van der Waals surface area contributed by atoms with Crippen LogP contribution in [0.2, 0.25) is 5.02 Å². The monoisotopic (exact) mass is 246 g/mol. The molecule has 0 saturated heterocycles. The predicted octanol–water partition coefficient (Wildman–Crippen LogP) is 4.28. The van der Waals surface area contributed by atoms with Crippen LogP contribution in [0.25, 0.3) is 0 Å². The number of hydrogen-bond donors (Lipinski definition) is 2. The first-order valence-corrected chi connectivity index (χ1v) is 5.84. The summed E-state index contributed by atoms with van der Waals surface area (Å²) in [6, 6.07) is 11.6. The minimum absolute atomic E-state index is 0.748. The molecule has 88 valence electrons. The van der Waals surface area contributed by atoms with E-state index in [1.807, 2.05) is 50.2 Å². The summed E-state index contributed by atoms with van der Waals surface area (Å²) in [4.78, 5) is 0. The Balaban J connectivity index is 2.38. The molecule has 0 aliphatic rings. The van der Waals surface area contributed by atoms with Crippen molar-refractivity contribution in [2.75, 3.05) is 11.1 Å². The Morgan fingerprint density at radius 3 is 2.59 bits per heavy atom. The first-order chi connectivity index (χ1) is 8.08. The molecule has 0 heterocycles. The molecule has 0 aliphatic carbocycles. The number of nitrogens with one attached hydrogen (secondary N) is 1. The highest BCUT2D eigenvalue weighted by Gasteiger charge is 2.04. The number of anilines is 3. The van der Waals surface area contributed by atoms with Gasteiger partial charge in [-0.3, -0.25) is 0 Å². The van der Waals surface area contributed by atoms with Gasteiger partial charge < -0.3 is 11.1 Å². The van der Waals surface area contributed by atoms with E-state index in [-0.39, 0.29) is 0 Å². The lowest BCUT2D eigenvalue weighted by molar-refractivity contribution is 1.39. The molecule has 2 nitrogen and oxygen atoms in total. The van der Waals surface area contributed by atoms with Crippen molar-refractivity contribution >= 4 is 28.7 Å². The maximum absolute atomic E-state index is 6.09. The van der Waals surface area contributed by atoms with Crippen LogP contribution in [0, 0.1) is 13.8 Å². The lowest BCUT2D eigenvalue weighted by atomic mass is 10.1. The molecule has 2 aromatic carbocycles. The summed E-state index contributed by atoms with van der Waals surface area (Å²) in [7, 11) is 0. The topological polar surface area (TPSA) is 38.0 Å². The molecule has 0 amide bonds. The van der Waals surface area contributed by atoms with Gasteiger partial charge in [-0.15, -0.1) is 0 Å². The molecule has 0 atom stereocenters. The molecule has 0 spiro atoms. The minimum atomic E-state index is 0.748. The van der Waals surface area contributed by atoms with Crippen LogP contribution in [0.1, 0.15) is 11.1 Å². The van der Waals surface area contributed by atoms with Crippen molar-refractivity contribution in [1.29, 1.82) is 0 Å². The molecule has 0 unspecified atom stereocenters. The van der Waals surface area contributed by atoms with E-state index in [1.54, 1.807) is 0 Å². The molecule has 3 heteroatoms. The van der Waals surface area contributed by atoms with Crippen molar-refractivity contribution in [3.05, 3.63) is 52.5 Å². The van der Waals surface area contributed by atoms with E-state index in [4.69, 9.17) is 17.3 Å². The van der Waals surface area contributed by atoms with Crippen LogP contribution in [0.3, 0.4) is 0 Å². The van der Waals surface area contributed by atoms with Crippen LogP contribution >= 0.6 is 11.6 Å². The number of aryl methyl sites for hydroxylation is 1. The molecule has 0 aromatic heterocycles. The maximum Gasteiger partial charge on any atom is 0.0455 e. The summed E-state index contributed by atoms with van der Waals surface area (Å²) in [5.41, 5.74) is 10.7. The average Bonchev–Trinajstić information content (AvgIpc) is 2.30. The van der Waals surface area contributed by atoms with Crippen LogP contribution in [-0.4, -0.2) is 0 Å². The van der Waals surface area contributed by atoms with Crippen LogP contribution in [0.4, 0.5) is 17.1 Å². The van der Waals surface area contributed by atoms with Gasteiger partial charge in [0.2, 0.25) is 0 Å². The number of benzene rings is 2. The average molecular weight is 247 g/mol. The van der Waals surface area contributed by atoms with Gasteiger partial charge in [-0.05, 0) is 49.2 Å². The van der Waals surface area contributed by atoms with E-state index < -0.39 is 0 Å². The van der Waals surface area contributed by atoms with E-state index in [1.165, 1.54) is 0 Å². The third-order valence-electron chi connectivity index (χ3n) is 2.80. The summed E-state index contributed by atoms with van der Waals surface area (Å²) in [6.07, 6.45) is 0. The number of nitrogen functional groups attached to an aromatic ring is 1. The number of rotatable bonds is 2. The van der Waals surface area contributed by atoms with Crippen LogP contribution < -0.4 is 11.1 Å². The number of hydrogen-bond acceptors (Lipinski definition) is 2. The van der Waals surface area contributed by atoms with Gasteiger partial charge in [0.15, 0.2) is 0 Å². The maximum atomic E-state index is 6.09. The third kappa shape index (κ3) is 2.53. The van der Waals surface area contributed by atoms with Crippen molar-refractivity contribution < 1.29 is 0 Å². The van der Waals surface area contributed by atoms with Gasteiger partial charge in [0.25, 0.3) is 0 Å². The highest BCUT2D eigenvalue weighted by molar-refractivity contribution is 6.31. The quantitative estimate of drug-likeness (QED) is 0.776. The summed E-state index contributed by atoms with van der Waals surface area (Å²) in [5.74, 6) is 0. The Morgan fingerprint density at radius 2 is 1.82 bits per heavy atom. The van der Waals surface area contributed by atoms with Crippen molar-refractivity contribution in [3.8, 4) is 0 Å². The van der Waals surface area contributed by atoms with Gasteiger partial charge in [-0.1, -0.05) is 23.7 Å². The number of halogens is 1. The fraction of sp³-hybridized carbons (Fsp3) is 0.143. The molecular formula is C14H15ClN2. The smallest absolute Gasteiger partial charge is 0.0455 e. The SMILES string of the molecule is Cc1ccc(N)cc1Nc1cccc(Cl)c1C. The Kier molecular flexibility index (Phi) is 3.25. The summed E-state index contributed by atoms with van der Waals surface area (Å²) < 4.78 is 0. The van der Waals surface area contributed by atoms with Gasteiger partial charge in [-0.2, -0.15) is 0 Å². The molecule has 0 fully saturated rings. The highest BCUT2D eigenvalue weighted by atomic mass is 35.5. The predicted molar refractivity (Wildman–Crippen MR) is 75.1 cm³/mol. The lowest BCUT2D eigenvalue weighted by Gasteiger charge is -2.13. The molecule has 2 aromatic rings. The normalized spacial score (nSPS) is 10.3. The van der Waals surface area contributed by atoms with Crippen LogP contribution in [-0.2, 0) is 0 Å². The lowest BCUT2D eigenvalue weighted by Crippen LogP contribution is -1.97. The molecule has 0 saturated carbocycles. The van der Waals surface area contributed by atoms with Crippen molar-refractivity contribution in [1.82, 2.24) is 0 Å². The molecule has 3 N–H and O–H groups in total. The second-order valence-corrected chi connectivity index (χ2v) is 4.52. The standard InChI is InChI=1S/C14H15ClN2/c1-9-6-7-11(16)8-14(9)17-13-5-3-4-12(15)10(13)2/h3-8,17H,16H2,1-2H3. The number of nitrogens with two attached hydrogens (primary N) is 1. The Morgan fingerprint density at radius 1 is 1.06 bits per heavy atom. The van der Waals surface area contributed by atoms with E-state index in [9.17, 15) is 0 Å². The summed E-state index contributed by atoms with van der Waals surface area (Å²) >= 11 is 6.09. The van der Waals surface area contributed by atoms with Gasteiger partial charge in [-0.25, -0.2) is 0 Å². The van der Waals surface area contributed by atoms with Crippen LogP contribution in [0.15, 0.2) is 36.4 Å². The second kappa shape index (κ2) is 4.68. The van der Waals surface area contributed by atoms with E-state index in [0.717, 1.165) is 33.2 Å². The Labute approximate surface area is 106 Å². The zero-order valence-corrected chi connectivity index (χ0v) is 10.7.